The van der Waals surface area contributed by atoms with Crippen molar-refractivity contribution in [3.8, 4) is 0 Å². The van der Waals surface area contributed by atoms with Gasteiger partial charge in [-0.05, 0) is 47.2 Å². The van der Waals surface area contributed by atoms with Crippen molar-refractivity contribution in [3.63, 3.8) is 0 Å². The summed E-state index contributed by atoms with van der Waals surface area (Å²) in [6, 6.07) is 20.6. The van der Waals surface area contributed by atoms with E-state index in [1.165, 1.54) is 0 Å². The number of rotatable bonds is 2. The van der Waals surface area contributed by atoms with Crippen molar-refractivity contribution in [1.29, 1.82) is 0 Å². The lowest BCUT2D eigenvalue weighted by atomic mass is 10.1. The highest BCUT2D eigenvalue weighted by atomic mass is 35.5. The highest BCUT2D eigenvalue weighted by Crippen LogP contribution is 2.28. The number of amides is 1. The van der Waals surface area contributed by atoms with Gasteiger partial charge in [0.15, 0.2) is 5.76 Å². The van der Waals surface area contributed by atoms with Crippen molar-refractivity contribution in [3.05, 3.63) is 77.5 Å². The van der Waals surface area contributed by atoms with Crippen LogP contribution in [0.2, 0.25) is 5.02 Å². The number of carbonyl (C=O) groups excluding carboxylic acids is 1. The summed E-state index contributed by atoms with van der Waals surface area (Å²) in [5.74, 6) is -0.00101. The van der Waals surface area contributed by atoms with Crippen molar-refractivity contribution in [2.75, 3.05) is 5.32 Å². The van der Waals surface area contributed by atoms with E-state index in [4.69, 9.17) is 16.0 Å². The maximum Gasteiger partial charge on any atom is 0.291 e. The van der Waals surface area contributed by atoms with Gasteiger partial charge in [-0.25, -0.2) is 0 Å². The molecule has 3 nitrogen and oxygen atoms in total. The number of hydrogen-bond donors (Lipinski definition) is 1. The third kappa shape index (κ3) is 2.56. The summed E-state index contributed by atoms with van der Waals surface area (Å²) >= 11 is 5.84. The molecule has 1 heterocycles. The summed E-state index contributed by atoms with van der Waals surface area (Å²) in [7, 11) is 0. The normalized spacial score (nSPS) is 11.0. The molecule has 0 fully saturated rings. The first kappa shape index (κ1) is 13.9. The monoisotopic (exact) mass is 321 g/mol. The highest BCUT2D eigenvalue weighted by molar-refractivity contribution is 6.30. The third-order valence-corrected chi connectivity index (χ3v) is 4.00. The van der Waals surface area contributed by atoms with Crippen LogP contribution in [0.1, 0.15) is 10.6 Å². The van der Waals surface area contributed by atoms with Gasteiger partial charge in [-0.15, -0.1) is 0 Å². The molecular weight excluding hydrogens is 310 g/mol. The number of carbonyl (C=O) groups is 1. The molecule has 0 aliphatic heterocycles. The van der Waals surface area contributed by atoms with Crippen LogP contribution < -0.4 is 5.32 Å². The molecule has 0 radical (unpaired) electrons. The summed E-state index contributed by atoms with van der Waals surface area (Å²) in [4.78, 5) is 12.4. The minimum Gasteiger partial charge on any atom is -0.451 e. The number of furan rings is 1. The Morgan fingerprint density at radius 1 is 0.913 bits per heavy atom. The number of hydrogen-bond acceptors (Lipinski definition) is 2. The molecular formula is C19H12ClNO2. The van der Waals surface area contributed by atoms with E-state index in [0.29, 0.717) is 16.3 Å². The predicted octanol–water partition coefficient (Wildman–Crippen LogP) is 5.49. The van der Waals surface area contributed by atoms with Crippen LogP contribution in [0.25, 0.3) is 21.7 Å². The van der Waals surface area contributed by atoms with Crippen LogP contribution in [0, 0.1) is 0 Å². The molecule has 4 heteroatoms. The fraction of sp³-hybridized carbons (Fsp3) is 0. The highest BCUT2D eigenvalue weighted by Gasteiger charge is 2.14. The molecule has 0 saturated heterocycles. The molecule has 1 amide bonds. The Labute approximate surface area is 137 Å². The van der Waals surface area contributed by atoms with E-state index < -0.39 is 0 Å². The van der Waals surface area contributed by atoms with Gasteiger partial charge in [0.2, 0.25) is 0 Å². The molecule has 0 bridgehead atoms. The van der Waals surface area contributed by atoms with Gasteiger partial charge in [-0.1, -0.05) is 41.9 Å². The molecule has 4 aromatic rings. The van der Waals surface area contributed by atoms with Gasteiger partial charge in [0.1, 0.15) is 5.58 Å². The molecule has 1 aromatic heterocycles. The molecule has 0 saturated carbocycles. The molecule has 23 heavy (non-hydrogen) atoms. The smallest absolute Gasteiger partial charge is 0.291 e. The van der Waals surface area contributed by atoms with Crippen LogP contribution in [0.15, 0.2) is 71.1 Å². The van der Waals surface area contributed by atoms with Gasteiger partial charge in [0.25, 0.3) is 5.91 Å². The Morgan fingerprint density at radius 2 is 1.70 bits per heavy atom. The Hall–Kier alpha value is -2.78. The summed E-state index contributed by atoms with van der Waals surface area (Å²) in [6.45, 7) is 0. The molecule has 0 unspecified atom stereocenters. The van der Waals surface area contributed by atoms with Crippen LogP contribution in [0.3, 0.4) is 0 Å². The second-order valence-corrected chi connectivity index (χ2v) is 5.71. The Balaban J connectivity index is 1.72. The summed E-state index contributed by atoms with van der Waals surface area (Å²) in [5.41, 5.74) is 1.37. The number of nitrogens with one attached hydrogen (secondary N) is 1. The van der Waals surface area contributed by atoms with Crippen LogP contribution >= 0.6 is 11.6 Å². The van der Waals surface area contributed by atoms with E-state index in [2.05, 4.69) is 5.32 Å². The van der Waals surface area contributed by atoms with Gasteiger partial charge < -0.3 is 9.73 Å². The van der Waals surface area contributed by atoms with Crippen molar-refractivity contribution in [1.82, 2.24) is 0 Å². The lowest BCUT2D eigenvalue weighted by Gasteiger charge is -2.02. The molecule has 0 atom stereocenters. The first-order valence-corrected chi connectivity index (χ1v) is 7.57. The van der Waals surface area contributed by atoms with E-state index in [0.717, 1.165) is 16.2 Å². The van der Waals surface area contributed by atoms with E-state index in [1.54, 1.807) is 30.3 Å². The molecule has 0 spiro atoms. The number of halogens is 1. The van der Waals surface area contributed by atoms with Gasteiger partial charge in [-0.3, -0.25) is 4.79 Å². The zero-order valence-corrected chi connectivity index (χ0v) is 12.8. The van der Waals surface area contributed by atoms with Crippen LogP contribution in [-0.2, 0) is 0 Å². The molecule has 112 valence electrons. The Morgan fingerprint density at radius 3 is 2.52 bits per heavy atom. The average molecular weight is 322 g/mol. The van der Waals surface area contributed by atoms with E-state index in [9.17, 15) is 4.79 Å². The first-order valence-electron chi connectivity index (χ1n) is 7.19. The molecule has 0 aliphatic carbocycles. The second-order valence-electron chi connectivity index (χ2n) is 5.27. The third-order valence-electron chi connectivity index (χ3n) is 3.75. The lowest BCUT2D eigenvalue weighted by molar-refractivity contribution is 0.0998. The fourth-order valence-corrected chi connectivity index (χ4v) is 2.76. The van der Waals surface area contributed by atoms with Crippen LogP contribution in [0.4, 0.5) is 5.69 Å². The average Bonchev–Trinajstić information content (AvgIpc) is 3.02. The maximum absolute atomic E-state index is 12.4. The number of benzene rings is 3. The minimum absolute atomic E-state index is 0.284. The summed E-state index contributed by atoms with van der Waals surface area (Å²) in [5, 5.41) is 6.55. The first-order chi connectivity index (χ1) is 11.2. The van der Waals surface area contributed by atoms with Crippen LogP contribution in [-0.4, -0.2) is 5.91 Å². The zero-order chi connectivity index (χ0) is 15.8. The van der Waals surface area contributed by atoms with Crippen LogP contribution in [0.5, 0.6) is 0 Å². The van der Waals surface area contributed by atoms with Gasteiger partial charge in [0, 0.05) is 16.1 Å². The van der Waals surface area contributed by atoms with Gasteiger partial charge in [0.05, 0.1) is 0 Å². The van der Waals surface area contributed by atoms with Crippen molar-refractivity contribution in [2.24, 2.45) is 0 Å². The van der Waals surface area contributed by atoms with Crippen molar-refractivity contribution < 1.29 is 9.21 Å². The molecule has 4 rings (SSSR count). The predicted molar refractivity (Wildman–Crippen MR) is 93.1 cm³/mol. The molecule has 1 N–H and O–H groups in total. The number of anilines is 1. The summed E-state index contributed by atoms with van der Waals surface area (Å²) < 4.78 is 5.70. The standard InChI is InChI=1S/C19H12ClNO2/c20-13-6-8-14(9-7-13)21-19(22)18-11-16-15-4-2-1-3-12(15)5-10-17(16)23-18/h1-11H,(H,21,22). The lowest BCUT2D eigenvalue weighted by Crippen LogP contribution is -2.10. The Bertz CT molecular complexity index is 1020. The zero-order valence-electron chi connectivity index (χ0n) is 12.0. The van der Waals surface area contributed by atoms with Crippen molar-refractivity contribution in [2.45, 2.75) is 0 Å². The van der Waals surface area contributed by atoms with Gasteiger partial charge in [-0.2, -0.15) is 0 Å². The minimum atomic E-state index is -0.285. The van der Waals surface area contributed by atoms with E-state index in [1.807, 2.05) is 36.4 Å². The Kier molecular flexibility index (Phi) is 3.28. The number of fused-ring (bicyclic) bond motifs is 3. The van der Waals surface area contributed by atoms with E-state index in [-0.39, 0.29) is 11.7 Å². The molecule has 0 aliphatic rings. The largest absolute Gasteiger partial charge is 0.451 e. The quantitative estimate of drug-likeness (QED) is 0.530. The molecule has 3 aromatic carbocycles. The summed E-state index contributed by atoms with van der Waals surface area (Å²) in [6.07, 6.45) is 0. The van der Waals surface area contributed by atoms with Gasteiger partial charge >= 0.3 is 0 Å². The SMILES string of the molecule is O=C(Nc1ccc(Cl)cc1)c1cc2c(ccc3ccccc32)o1. The van der Waals surface area contributed by atoms with E-state index >= 15 is 0 Å². The topological polar surface area (TPSA) is 42.2 Å². The fourth-order valence-electron chi connectivity index (χ4n) is 2.63. The maximum atomic E-state index is 12.4. The van der Waals surface area contributed by atoms with Crippen molar-refractivity contribution >= 4 is 44.9 Å². The second kappa shape index (κ2) is 5.45.